The number of fused-ring (bicyclic) bond motifs is 1. The first-order valence-electron chi connectivity index (χ1n) is 9.10. The van der Waals surface area contributed by atoms with Crippen molar-refractivity contribution in [2.45, 2.75) is 0 Å². The number of hydrogen-bond donors (Lipinski definition) is 1. The van der Waals surface area contributed by atoms with Gasteiger partial charge < -0.3 is 14.5 Å². The van der Waals surface area contributed by atoms with Gasteiger partial charge in [0.05, 0.1) is 21.0 Å². The van der Waals surface area contributed by atoms with E-state index < -0.39 is 0 Å². The van der Waals surface area contributed by atoms with Gasteiger partial charge in [0.2, 0.25) is 0 Å². The smallest absolute Gasteiger partial charge is 0.262 e. The first-order chi connectivity index (χ1) is 14.9. The van der Waals surface area contributed by atoms with E-state index in [1.54, 1.807) is 60.7 Å². The van der Waals surface area contributed by atoms with Crippen LogP contribution in [0.4, 0.5) is 5.69 Å². The Hall–Kier alpha value is -2.99. The third-order valence-electron chi connectivity index (χ3n) is 4.47. The Labute approximate surface area is 192 Å². The van der Waals surface area contributed by atoms with Gasteiger partial charge in [-0.2, -0.15) is 0 Å². The number of ether oxygens (including phenoxy) is 1. The van der Waals surface area contributed by atoms with Crippen LogP contribution in [-0.4, -0.2) is 12.5 Å². The van der Waals surface area contributed by atoms with E-state index in [0.29, 0.717) is 48.6 Å². The average Bonchev–Trinajstić information content (AvgIpc) is 2.76. The normalized spacial score (nSPS) is 10.8. The van der Waals surface area contributed by atoms with Gasteiger partial charge >= 0.3 is 0 Å². The van der Waals surface area contributed by atoms with Crippen molar-refractivity contribution in [3.8, 4) is 16.9 Å². The molecule has 1 heterocycles. The molecule has 0 saturated heterocycles. The Morgan fingerprint density at radius 3 is 2.45 bits per heavy atom. The Morgan fingerprint density at radius 1 is 0.935 bits per heavy atom. The third kappa shape index (κ3) is 4.85. The molecule has 5 nitrogen and oxygen atoms in total. The summed E-state index contributed by atoms with van der Waals surface area (Å²) in [6.07, 6.45) is 1.40. The first-order valence-corrected chi connectivity index (χ1v) is 10.2. The molecule has 0 spiro atoms. The third-order valence-corrected chi connectivity index (χ3v) is 5.47. The predicted molar refractivity (Wildman–Crippen MR) is 124 cm³/mol. The number of halogens is 3. The molecule has 1 aromatic heterocycles. The summed E-state index contributed by atoms with van der Waals surface area (Å²) in [5.41, 5.74) is 1.82. The van der Waals surface area contributed by atoms with Crippen LogP contribution in [0.3, 0.4) is 0 Å². The molecule has 1 amide bonds. The highest BCUT2D eigenvalue weighted by molar-refractivity contribution is 6.42. The molecule has 8 heteroatoms. The SMILES string of the molecule is O=C(COc1ccc2c(=O)c(-c3ccc(Cl)cc3)coc2c1)Nc1ccc(Cl)c(Cl)c1. The number of nitrogens with one attached hydrogen (secondary N) is 1. The number of anilines is 1. The topological polar surface area (TPSA) is 68.5 Å². The summed E-state index contributed by atoms with van der Waals surface area (Å²) in [5, 5.41) is 4.38. The molecule has 0 fully saturated rings. The fourth-order valence-electron chi connectivity index (χ4n) is 2.95. The van der Waals surface area contributed by atoms with Crippen LogP contribution in [-0.2, 0) is 4.79 Å². The van der Waals surface area contributed by atoms with Gasteiger partial charge in [0.25, 0.3) is 5.91 Å². The molecule has 0 aliphatic carbocycles. The Morgan fingerprint density at radius 2 is 1.71 bits per heavy atom. The molecular formula is C23H14Cl3NO4. The maximum atomic E-state index is 12.8. The molecule has 0 aliphatic heterocycles. The van der Waals surface area contributed by atoms with Gasteiger partial charge in [-0.05, 0) is 48.0 Å². The van der Waals surface area contributed by atoms with E-state index in [0.717, 1.165) is 0 Å². The monoisotopic (exact) mass is 473 g/mol. The Bertz CT molecular complexity index is 1330. The fraction of sp³-hybridized carbons (Fsp3) is 0.0435. The van der Waals surface area contributed by atoms with E-state index in [1.807, 2.05) is 0 Å². The van der Waals surface area contributed by atoms with Gasteiger partial charge in [-0.1, -0.05) is 46.9 Å². The molecule has 3 aromatic carbocycles. The van der Waals surface area contributed by atoms with Crippen molar-refractivity contribution in [2.75, 3.05) is 11.9 Å². The van der Waals surface area contributed by atoms with Gasteiger partial charge in [0, 0.05) is 16.8 Å². The minimum absolute atomic E-state index is 0.174. The number of hydrogen-bond acceptors (Lipinski definition) is 4. The lowest BCUT2D eigenvalue weighted by molar-refractivity contribution is -0.118. The van der Waals surface area contributed by atoms with Crippen LogP contribution in [0.5, 0.6) is 5.75 Å². The van der Waals surface area contributed by atoms with Crippen LogP contribution in [0.25, 0.3) is 22.1 Å². The molecule has 31 heavy (non-hydrogen) atoms. The zero-order valence-electron chi connectivity index (χ0n) is 15.8. The summed E-state index contributed by atoms with van der Waals surface area (Å²) in [5.74, 6) is 0.0113. The molecule has 0 aliphatic rings. The molecule has 0 saturated carbocycles. The fourth-order valence-corrected chi connectivity index (χ4v) is 3.37. The second-order valence-corrected chi connectivity index (χ2v) is 7.86. The summed E-state index contributed by atoms with van der Waals surface area (Å²) in [6.45, 7) is -0.237. The molecule has 4 aromatic rings. The van der Waals surface area contributed by atoms with Gasteiger partial charge in [-0.3, -0.25) is 9.59 Å². The van der Waals surface area contributed by atoms with E-state index >= 15 is 0 Å². The van der Waals surface area contributed by atoms with Crippen LogP contribution in [0, 0.1) is 0 Å². The van der Waals surface area contributed by atoms with Gasteiger partial charge in [0.1, 0.15) is 17.6 Å². The zero-order valence-corrected chi connectivity index (χ0v) is 18.1. The van der Waals surface area contributed by atoms with Crippen molar-refractivity contribution in [1.29, 1.82) is 0 Å². The quantitative estimate of drug-likeness (QED) is 0.361. The zero-order chi connectivity index (χ0) is 22.0. The van der Waals surface area contributed by atoms with Crippen LogP contribution in [0.1, 0.15) is 0 Å². The highest BCUT2D eigenvalue weighted by atomic mass is 35.5. The number of rotatable bonds is 5. The van der Waals surface area contributed by atoms with E-state index in [4.69, 9.17) is 44.0 Å². The lowest BCUT2D eigenvalue weighted by Crippen LogP contribution is -2.20. The predicted octanol–water partition coefficient (Wildman–Crippen LogP) is 6.44. The highest BCUT2D eigenvalue weighted by Gasteiger charge is 2.11. The molecule has 1 N–H and O–H groups in total. The summed E-state index contributed by atoms with van der Waals surface area (Å²) >= 11 is 17.7. The van der Waals surface area contributed by atoms with Crippen LogP contribution in [0.2, 0.25) is 15.1 Å². The van der Waals surface area contributed by atoms with Crippen molar-refractivity contribution >= 4 is 57.4 Å². The summed E-state index contributed by atoms with van der Waals surface area (Å²) < 4.78 is 11.2. The van der Waals surface area contributed by atoms with Crippen molar-refractivity contribution in [1.82, 2.24) is 0 Å². The average molecular weight is 475 g/mol. The number of benzene rings is 3. The molecule has 156 valence electrons. The largest absolute Gasteiger partial charge is 0.484 e. The minimum Gasteiger partial charge on any atom is -0.484 e. The number of carbonyl (C=O) groups excluding carboxylic acids is 1. The molecule has 0 radical (unpaired) electrons. The van der Waals surface area contributed by atoms with Crippen molar-refractivity contribution in [3.63, 3.8) is 0 Å². The lowest BCUT2D eigenvalue weighted by atomic mass is 10.1. The number of carbonyl (C=O) groups is 1. The van der Waals surface area contributed by atoms with Crippen LogP contribution < -0.4 is 15.5 Å². The van der Waals surface area contributed by atoms with Gasteiger partial charge in [-0.25, -0.2) is 0 Å². The second kappa shape index (κ2) is 9.02. The summed E-state index contributed by atoms with van der Waals surface area (Å²) in [7, 11) is 0. The Balaban J connectivity index is 1.48. The second-order valence-electron chi connectivity index (χ2n) is 6.61. The van der Waals surface area contributed by atoms with E-state index in [1.165, 1.54) is 6.26 Å². The van der Waals surface area contributed by atoms with E-state index in [2.05, 4.69) is 5.32 Å². The molecule has 4 rings (SSSR count). The Kier molecular flexibility index (Phi) is 6.18. The van der Waals surface area contributed by atoms with Gasteiger partial charge in [0.15, 0.2) is 12.0 Å². The van der Waals surface area contributed by atoms with Gasteiger partial charge in [-0.15, -0.1) is 0 Å². The molecular weight excluding hydrogens is 461 g/mol. The maximum Gasteiger partial charge on any atom is 0.262 e. The van der Waals surface area contributed by atoms with Crippen molar-refractivity contribution in [2.24, 2.45) is 0 Å². The summed E-state index contributed by atoms with van der Waals surface area (Å²) in [4.78, 5) is 25.0. The molecule has 0 bridgehead atoms. The first kappa shape index (κ1) is 21.2. The molecule has 0 unspecified atom stereocenters. The van der Waals surface area contributed by atoms with Crippen LogP contribution >= 0.6 is 34.8 Å². The van der Waals surface area contributed by atoms with E-state index in [-0.39, 0.29) is 17.9 Å². The summed E-state index contributed by atoms with van der Waals surface area (Å²) in [6, 6.07) is 16.5. The van der Waals surface area contributed by atoms with Crippen molar-refractivity contribution < 1.29 is 13.9 Å². The molecule has 0 atom stereocenters. The lowest BCUT2D eigenvalue weighted by Gasteiger charge is -2.09. The maximum absolute atomic E-state index is 12.8. The minimum atomic E-state index is -0.377. The van der Waals surface area contributed by atoms with E-state index in [9.17, 15) is 9.59 Å². The highest BCUT2D eigenvalue weighted by Crippen LogP contribution is 2.26. The van der Waals surface area contributed by atoms with Crippen LogP contribution in [0.15, 0.2) is 76.1 Å². The van der Waals surface area contributed by atoms with Crippen molar-refractivity contribution in [3.05, 3.63) is 92.2 Å². The standard InChI is InChI=1S/C23H14Cl3NO4/c24-14-3-1-13(2-4-14)18-11-31-21-10-16(6-7-17(21)23(18)29)30-12-22(28)27-15-5-8-19(25)20(26)9-15/h1-11H,12H2,(H,27,28). The number of amides is 1.